The van der Waals surface area contributed by atoms with E-state index in [1.165, 1.54) is 17.7 Å². The molecule has 0 saturated carbocycles. The normalized spacial score (nSPS) is 22.1. The fraction of sp³-hybridized carbons (Fsp3) is 0.545. The van der Waals surface area contributed by atoms with E-state index in [0.717, 1.165) is 19.3 Å². The molecule has 1 atom stereocenters. The molecule has 1 aliphatic carbocycles. The Labute approximate surface area is 83.9 Å². The third kappa shape index (κ3) is 2.23. The molecule has 1 unspecified atom stereocenters. The van der Waals surface area contributed by atoms with Crippen molar-refractivity contribution in [3.63, 3.8) is 0 Å². The predicted molar refractivity (Wildman–Crippen MR) is 54.8 cm³/mol. The van der Waals surface area contributed by atoms with E-state index in [0.29, 0.717) is 5.92 Å². The summed E-state index contributed by atoms with van der Waals surface area (Å²) < 4.78 is 0. The van der Waals surface area contributed by atoms with Gasteiger partial charge in [-0.05, 0) is 37.2 Å². The summed E-state index contributed by atoms with van der Waals surface area (Å²) in [5.74, 6) is 0.669. The first-order valence-corrected chi connectivity index (χ1v) is 5.14. The number of nitrogens with one attached hydrogen (secondary N) is 1. The van der Waals surface area contributed by atoms with Gasteiger partial charge in [-0.3, -0.25) is 0 Å². The number of imidazole rings is 1. The van der Waals surface area contributed by atoms with Gasteiger partial charge >= 0.3 is 0 Å². The molecule has 0 radical (unpaired) electrons. The highest BCUT2D eigenvalue weighted by atomic mass is 16.3. The molecule has 0 aliphatic heterocycles. The molecule has 1 heterocycles. The van der Waals surface area contributed by atoms with E-state index in [-0.39, 0.29) is 6.61 Å². The van der Waals surface area contributed by atoms with Crippen molar-refractivity contribution in [2.75, 3.05) is 6.61 Å². The molecule has 0 amide bonds. The molecule has 0 bridgehead atoms. The molecule has 76 valence electrons. The number of nitrogens with zero attached hydrogens (tertiary/aromatic N) is 1. The van der Waals surface area contributed by atoms with Gasteiger partial charge in [0.1, 0.15) is 0 Å². The van der Waals surface area contributed by atoms with Crippen LogP contribution in [-0.2, 0) is 6.42 Å². The molecule has 0 spiro atoms. The predicted octanol–water partition coefficient (Wildman–Crippen LogP) is 1.67. The van der Waals surface area contributed by atoms with Crippen molar-refractivity contribution < 1.29 is 5.11 Å². The Bertz CT molecular complexity index is 303. The second kappa shape index (κ2) is 4.42. The van der Waals surface area contributed by atoms with Crippen LogP contribution < -0.4 is 0 Å². The number of allylic oxidation sites excluding steroid dienone is 1. The Kier molecular flexibility index (Phi) is 2.99. The van der Waals surface area contributed by atoms with Crippen molar-refractivity contribution in [3.8, 4) is 0 Å². The van der Waals surface area contributed by atoms with E-state index in [9.17, 15) is 0 Å². The fourth-order valence-corrected chi connectivity index (χ4v) is 2.09. The van der Waals surface area contributed by atoms with Crippen LogP contribution in [0.5, 0.6) is 0 Å². The number of aromatic amines is 1. The number of aromatic nitrogens is 2. The zero-order valence-corrected chi connectivity index (χ0v) is 8.24. The molecule has 1 aromatic heterocycles. The third-order valence-electron chi connectivity index (χ3n) is 2.83. The van der Waals surface area contributed by atoms with Crippen molar-refractivity contribution in [2.24, 2.45) is 5.92 Å². The highest BCUT2D eigenvalue weighted by Crippen LogP contribution is 2.26. The van der Waals surface area contributed by atoms with Gasteiger partial charge in [0.05, 0.1) is 12.9 Å². The largest absolute Gasteiger partial charge is 0.392 e. The molecule has 3 nitrogen and oxygen atoms in total. The lowest BCUT2D eigenvalue weighted by molar-refractivity contribution is 0.310. The van der Waals surface area contributed by atoms with Gasteiger partial charge in [-0.25, -0.2) is 4.98 Å². The van der Waals surface area contributed by atoms with E-state index in [1.54, 1.807) is 6.33 Å². The quantitative estimate of drug-likeness (QED) is 0.716. The van der Waals surface area contributed by atoms with Crippen LogP contribution in [0.25, 0.3) is 0 Å². The van der Waals surface area contributed by atoms with Crippen molar-refractivity contribution in [1.29, 1.82) is 0 Å². The minimum absolute atomic E-state index is 0.222. The molecule has 1 aromatic rings. The van der Waals surface area contributed by atoms with E-state index in [1.807, 2.05) is 6.20 Å². The van der Waals surface area contributed by atoms with Gasteiger partial charge in [-0.15, -0.1) is 0 Å². The lowest BCUT2D eigenvalue weighted by Gasteiger charge is -2.21. The molecular formula is C11H16N2O. The molecular weight excluding hydrogens is 176 g/mol. The molecule has 2 rings (SSSR count). The Morgan fingerprint density at radius 3 is 3.21 bits per heavy atom. The van der Waals surface area contributed by atoms with Gasteiger partial charge in [0.15, 0.2) is 0 Å². The second-order valence-corrected chi connectivity index (χ2v) is 3.95. The van der Waals surface area contributed by atoms with E-state index in [2.05, 4.69) is 16.0 Å². The molecule has 2 N–H and O–H groups in total. The topological polar surface area (TPSA) is 48.9 Å². The molecule has 0 fully saturated rings. The van der Waals surface area contributed by atoms with Gasteiger partial charge < -0.3 is 10.1 Å². The van der Waals surface area contributed by atoms with Crippen LogP contribution in [0.3, 0.4) is 0 Å². The Morgan fingerprint density at radius 2 is 2.50 bits per heavy atom. The Morgan fingerprint density at radius 1 is 1.57 bits per heavy atom. The highest BCUT2D eigenvalue weighted by Gasteiger charge is 2.15. The van der Waals surface area contributed by atoms with E-state index in [4.69, 9.17) is 5.11 Å². The highest BCUT2D eigenvalue weighted by molar-refractivity contribution is 5.09. The maximum atomic E-state index is 9.05. The monoisotopic (exact) mass is 192 g/mol. The van der Waals surface area contributed by atoms with Gasteiger partial charge in [-0.2, -0.15) is 0 Å². The van der Waals surface area contributed by atoms with Crippen LogP contribution in [0.4, 0.5) is 0 Å². The molecule has 14 heavy (non-hydrogen) atoms. The summed E-state index contributed by atoms with van der Waals surface area (Å²) >= 11 is 0. The molecule has 1 aliphatic rings. The number of aliphatic hydroxyl groups excluding tert-OH is 1. The summed E-state index contributed by atoms with van der Waals surface area (Å²) in [6, 6.07) is 0. The number of H-pyrrole nitrogens is 1. The Hall–Kier alpha value is -1.09. The lowest BCUT2D eigenvalue weighted by Crippen LogP contribution is -2.11. The van der Waals surface area contributed by atoms with Crippen molar-refractivity contribution in [1.82, 2.24) is 9.97 Å². The first-order valence-electron chi connectivity index (χ1n) is 5.14. The van der Waals surface area contributed by atoms with Gasteiger partial charge in [0, 0.05) is 11.9 Å². The summed E-state index contributed by atoms with van der Waals surface area (Å²) in [5.41, 5.74) is 2.40. The number of hydrogen-bond acceptors (Lipinski definition) is 2. The molecule has 0 saturated heterocycles. The summed E-state index contributed by atoms with van der Waals surface area (Å²) in [5, 5.41) is 9.05. The SMILES string of the molecule is OCC1=CCCC(Cc2cnc[nH]2)C1. The van der Waals surface area contributed by atoms with Crippen LogP contribution in [0, 0.1) is 5.92 Å². The third-order valence-corrected chi connectivity index (χ3v) is 2.83. The van der Waals surface area contributed by atoms with Gasteiger partial charge in [-0.1, -0.05) is 6.08 Å². The van der Waals surface area contributed by atoms with Crippen LogP contribution in [0.15, 0.2) is 24.2 Å². The maximum absolute atomic E-state index is 9.05. The standard InChI is InChI=1S/C11H16N2O/c14-7-10-3-1-2-9(4-10)5-11-6-12-8-13-11/h3,6,8-9,14H,1-2,4-5,7H2,(H,12,13). The Balaban J connectivity index is 1.91. The number of rotatable bonds is 3. The fourth-order valence-electron chi connectivity index (χ4n) is 2.09. The second-order valence-electron chi connectivity index (χ2n) is 3.95. The molecule has 0 aromatic carbocycles. The first kappa shape index (κ1) is 9.46. The summed E-state index contributed by atoms with van der Waals surface area (Å²) in [6.45, 7) is 0.222. The van der Waals surface area contributed by atoms with E-state index >= 15 is 0 Å². The number of aliphatic hydroxyl groups is 1. The van der Waals surface area contributed by atoms with Crippen LogP contribution in [0.1, 0.15) is 25.0 Å². The minimum Gasteiger partial charge on any atom is -0.392 e. The molecule has 3 heteroatoms. The zero-order chi connectivity index (χ0) is 9.80. The van der Waals surface area contributed by atoms with Crippen molar-refractivity contribution >= 4 is 0 Å². The smallest absolute Gasteiger partial charge is 0.0921 e. The van der Waals surface area contributed by atoms with E-state index < -0.39 is 0 Å². The average Bonchev–Trinajstić information content (AvgIpc) is 2.71. The van der Waals surface area contributed by atoms with Gasteiger partial charge in [0.25, 0.3) is 0 Å². The summed E-state index contributed by atoms with van der Waals surface area (Å²) in [4.78, 5) is 7.13. The van der Waals surface area contributed by atoms with Crippen LogP contribution in [-0.4, -0.2) is 21.7 Å². The lowest BCUT2D eigenvalue weighted by atomic mass is 9.86. The maximum Gasteiger partial charge on any atom is 0.0921 e. The first-order chi connectivity index (χ1) is 6.88. The van der Waals surface area contributed by atoms with Crippen LogP contribution in [0.2, 0.25) is 0 Å². The minimum atomic E-state index is 0.222. The van der Waals surface area contributed by atoms with Crippen molar-refractivity contribution in [3.05, 3.63) is 29.9 Å². The number of hydrogen-bond donors (Lipinski definition) is 2. The summed E-state index contributed by atoms with van der Waals surface area (Å²) in [6.07, 6.45) is 10.2. The zero-order valence-electron chi connectivity index (χ0n) is 8.24. The van der Waals surface area contributed by atoms with Crippen LogP contribution >= 0.6 is 0 Å². The van der Waals surface area contributed by atoms with Gasteiger partial charge in [0.2, 0.25) is 0 Å². The summed E-state index contributed by atoms with van der Waals surface area (Å²) in [7, 11) is 0. The average molecular weight is 192 g/mol. The van der Waals surface area contributed by atoms with Crippen molar-refractivity contribution in [2.45, 2.75) is 25.7 Å².